The highest BCUT2D eigenvalue weighted by molar-refractivity contribution is 9.10. The Morgan fingerprint density at radius 2 is 1.90 bits per heavy atom. The van der Waals surface area contributed by atoms with E-state index in [0.29, 0.717) is 6.04 Å². The second kappa shape index (κ2) is 7.46. The molecular formula is C17H21BrN2O. The van der Waals surface area contributed by atoms with E-state index in [0.717, 1.165) is 29.5 Å². The first-order valence-electron chi connectivity index (χ1n) is 7.30. The summed E-state index contributed by atoms with van der Waals surface area (Å²) in [6.45, 7) is 4.98. The van der Waals surface area contributed by atoms with Crippen molar-refractivity contribution in [2.75, 3.05) is 5.32 Å². The molecule has 1 N–H and O–H groups in total. The Bertz CT molecular complexity index is 634. The third kappa shape index (κ3) is 4.74. The number of nitrogens with zero attached hydrogens (tertiary/aromatic N) is 1. The maximum Gasteiger partial charge on any atom is 0.250 e. The molecule has 3 nitrogen and oxygen atoms in total. The Kier molecular flexibility index (Phi) is 5.62. The van der Waals surface area contributed by atoms with Crippen LogP contribution in [-0.2, 0) is 13.0 Å². The van der Waals surface area contributed by atoms with Crippen LogP contribution in [-0.4, -0.2) is 10.6 Å². The molecule has 0 radical (unpaired) electrons. The van der Waals surface area contributed by atoms with E-state index in [1.807, 2.05) is 12.3 Å². The summed E-state index contributed by atoms with van der Waals surface area (Å²) in [4.78, 5) is 11.7. The van der Waals surface area contributed by atoms with Crippen LogP contribution in [0.1, 0.15) is 25.8 Å². The van der Waals surface area contributed by atoms with Gasteiger partial charge in [0.1, 0.15) is 0 Å². The maximum absolute atomic E-state index is 11.7. The molecule has 21 heavy (non-hydrogen) atoms. The third-order valence-electron chi connectivity index (χ3n) is 3.32. The zero-order chi connectivity index (χ0) is 15.2. The summed E-state index contributed by atoms with van der Waals surface area (Å²) in [5, 5.41) is 3.46. The lowest BCUT2D eigenvalue weighted by Gasteiger charge is -2.16. The smallest absolute Gasteiger partial charge is 0.250 e. The third-order valence-corrected chi connectivity index (χ3v) is 3.84. The van der Waals surface area contributed by atoms with Gasteiger partial charge in [-0.05, 0) is 43.5 Å². The molecule has 0 spiro atoms. The van der Waals surface area contributed by atoms with Crippen molar-refractivity contribution in [3.63, 3.8) is 0 Å². The maximum atomic E-state index is 11.7. The number of benzene rings is 1. The van der Waals surface area contributed by atoms with Gasteiger partial charge in [0, 0.05) is 29.3 Å². The first-order chi connectivity index (χ1) is 10.1. The SMILES string of the molecule is CCCn1cc(NC(C)Cc2ccc(Br)cc2)ccc1=O. The molecule has 1 atom stereocenters. The Hall–Kier alpha value is -1.55. The fraction of sp³-hybridized carbons (Fsp3) is 0.353. The molecule has 2 rings (SSSR count). The fourth-order valence-corrected chi connectivity index (χ4v) is 2.61. The Morgan fingerprint density at radius 1 is 1.19 bits per heavy atom. The topological polar surface area (TPSA) is 34.0 Å². The molecule has 0 bridgehead atoms. The second-order valence-corrected chi connectivity index (χ2v) is 6.24. The van der Waals surface area contributed by atoms with Crippen LogP contribution >= 0.6 is 15.9 Å². The van der Waals surface area contributed by atoms with Crippen LogP contribution in [0.25, 0.3) is 0 Å². The minimum atomic E-state index is 0.0583. The number of halogens is 1. The molecule has 1 aromatic heterocycles. The van der Waals surface area contributed by atoms with Gasteiger partial charge >= 0.3 is 0 Å². The summed E-state index contributed by atoms with van der Waals surface area (Å²) >= 11 is 3.45. The molecule has 0 aliphatic rings. The zero-order valence-corrected chi connectivity index (χ0v) is 14.1. The number of hydrogen-bond donors (Lipinski definition) is 1. The average molecular weight is 349 g/mol. The lowest BCUT2D eigenvalue weighted by Crippen LogP contribution is -2.22. The molecule has 2 aromatic rings. The van der Waals surface area contributed by atoms with Gasteiger partial charge in [-0.1, -0.05) is 35.0 Å². The minimum Gasteiger partial charge on any atom is -0.381 e. The zero-order valence-electron chi connectivity index (χ0n) is 12.5. The van der Waals surface area contributed by atoms with Crippen LogP contribution in [0.15, 0.2) is 51.9 Å². The van der Waals surface area contributed by atoms with Gasteiger partial charge < -0.3 is 9.88 Å². The summed E-state index contributed by atoms with van der Waals surface area (Å²) in [6.07, 6.45) is 3.81. The molecule has 0 amide bonds. The second-order valence-electron chi connectivity index (χ2n) is 5.33. The monoisotopic (exact) mass is 348 g/mol. The predicted molar refractivity (Wildman–Crippen MR) is 91.9 cm³/mol. The van der Waals surface area contributed by atoms with Crippen LogP contribution in [0.4, 0.5) is 5.69 Å². The molecular weight excluding hydrogens is 328 g/mol. The number of pyridine rings is 1. The van der Waals surface area contributed by atoms with Crippen molar-refractivity contribution in [1.82, 2.24) is 4.57 Å². The van der Waals surface area contributed by atoms with E-state index >= 15 is 0 Å². The lowest BCUT2D eigenvalue weighted by molar-refractivity contribution is 0.653. The minimum absolute atomic E-state index is 0.0583. The van der Waals surface area contributed by atoms with Crippen LogP contribution in [0.2, 0.25) is 0 Å². The van der Waals surface area contributed by atoms with Gasteiger partial charge in [0.2, 0.25) is 0 Å². The number of hydrogen-bond acceptors (Lipinski definition) is 2. The molecule has 1 heterocycles. The summed E-state index contributed by atoms with van der Waals surface area (Å²) < 4.78 is 2.85. The first-order valence-corrected chi connectivity index (χ1v) is 8.09. The van der Waals surface area contributed by atoms with Crippen LogP contribution in [0, 0.1) is 0 Å². The standard InChI is InChI=1S/C17H21BrN2O/c1-3-10-20-12-16(8-9-17(20)21)19-13(2)11-14-4-6-15(18)7-5-14/h4-9,12-13,19H,3,10-11H2,1-2H3. The van der Waals surface area contributed by atoms with Gasteiger partial charge in [-0.3, -0.25) is 4.79 Å². The van der Waals surface area contributed by atoms with E-state index in [1.165, 1.54) is 5.56 Å². The summed E-state index contributed by atoms with van der Waals surface area (Å²) in [6, 6.07) is 12.2. The summed E-state index contributed by atoms with van der Waals surface area (Å²) in [5.41, 5.74) is 2.34. The van der Waals surface area contributed by atoms with Crippen molar-refractivity contribution >= 4 is 21.6 Å². The van der Waals surface area contributed by atoms with Crippen molar-refractivity contribution in [2.45, 2.75) is 39.3 Å². The normalized spacial score (nSPS) is 12.1. The number of aromatic nitrogens is 1. The molecule has 0 aliphatic heterocycles. The quantitative estimate of drug-likeness (QED) is 0.853. The van der Waals surface area contributed by atoms with Crippen molar-refractivity contribution in [1.29, 1.82) is 0 Å². The molecule has 0 saturated heterocycles. The number of anilines is 1. The molecule has 112 valence electrons. The van der Waals surface area contributed by atoms with E-state index in [2.05, 4.69) is 59.4 Å². The van der Waals surface area contributed by atoms with Gasteiger partial charge in [0.05, 0.1) is 5.69 Å². The highest BCUT2D eigenvalue weighted by Gasteiger charge is 2.05. The van der Waals surface area contributed by atoms with Crippen LogP contribution < -0.4 is 10.9 Å². The average Bonchev–Trinajstić information content (AvgIpc) is 2.45. The Balaban J connectivity index is 2.02. The number of rotatable bonds is 6. The highest BCUT2D eigenvalue weighted by Crippen LogP contribution is 2.14. The van der Waals surface area contributed by atoms with Crippen molar-refractivity contribution < 1.29 is 0 Å². The van der Waals surface area contributed by atoms with E-state index in [9.17, 15) is 4.79 Å². The van der Waals surface area contributed by atoms with Gasteiger partial charge in [-0.15, -0.1) is 0 Å². The first kappa shape index (κ1) is 15.8. The number of aryl methyl sites for hydroxylation is 1. The van der Waals surface area contributed by atoms with Gasteiger partial charge in [-0.25, -0.2) is 0 Å². The Morgan fingerprint density at radius 3 is 2.57 bits per heavy atom. The predicted octanol–water partition coefficient (Wildman–Crippen LogP) is 4.06. The molecule has 0 fully saturated rings. The Labute approximate surface area is 134 Å². The van der Waals surface area contributed by atoms with Crippen LogP contribution in [0.5, 0.6) is 0 Å². The number of nitrogens with one attached hydrogen (secondary N) is 1. The van der Waals surface area contributed by atoms with Crippen molar-refractivity contribution in [3.05, 3.63) is 63.0 Å². The van der Waals surface area contributed by atoms with E-state index in [1.54, 1.807) is 10.6 Å². The van der Waals surface area contributed by atoms with E-state index in [-0.39, 0.29) is 5.56 Å². The molecule has 4 heteroatoms. The lowest BCUT2D eigenvalue weighted by atomic mass is 10.1. The van der Waals surface area contributed by atoms with Crippen LogP contribution in [0.3, 0.4) is 0 Å². The highest BCUT2D eigenvalue weighted by atomic mass is 79.9. The van der Waals surface area contributed by atoms with E-state index in [4.69, 9.17) is 0 Å². The fourth-order valence-electron chi connectivity index (χ4n) is 2.34. The summed E-state index contributed by atoms with van der Waals surface area (Å²) in [5.74, 6) is 0. The van der Waals surface area contributed by atoms with Crippen molar-refractivity contribution in [2.24, 2.45) is 0 Å². The molecule has 1 unspecified atom stereocenters. The van der Waals surface area contributed by atoms with Gasteiger partial charge in [-0.2, -0.15) is 0 Å². The molecule has 1 aromatic carbocycles. The summed E-state index contributed by atoms with van der Waals surface area (Å²) in [7, 11) is 0. The van der Waals surface area contributed by atoms with Gasteiger partial charge in [0.25, 0.3) is 5.56 Å². The molecule has 0 saturated carbocycles. The largest absolute Gasteiger partial charge is 0.381 e. The van der Waals surface area contributed by atoms with E-state index < -0.39 is 0 Å². The van der Waals surface area contributed by atoms with Crippen molar-refractivity contribution in [3.8, 4) is 0 Å². The molecule has 0 aliphatic carbocycles. The van der Waals surface area contributed by atoms with Gasteiger partial charge in [0.15, 0.2) is 0 Å².